The second-order valence-electron chi connectivity index (χ2n) is 8.67. The zero-order valence-electron chi connectivity index (χ0n) is 19.6. The Morgan fingerprint density at radius 3 is 2.36 bits per heavy atom. The van der Waals surface area contributed by atoms with E-state index in [-0.39, 0.29) is 35.1 Å². The second kappa shape index (κ2) is 10.8. The van der Waals surface area contributed by atoms with Crippen molar-refractivity contribution >= 4 is 50.4 Å². The van der Waals surface area contributed by atoms with E-state index in [9.17, 15) is 22.8 Å². The van der Waals surface area contributed by atoms with Gasteiger partial charge in [0.1, 0.15) is 5.25 Å². The predicted molar refractivity (Wildman–Crippen MR) is 138 cm³/mol. The van der Waals surface area contributed by atoms with Crippen LogP contribution < -0.4 is 15.8 Å². The van der Waals surface area contributed by atoms with Crippen LogP contribution in [0.15, 0.2) is 58.4 Å². The average molecular weight is 530 g/mol. The van der Waals surface area contributed by atoms with Gasteiger partial charge in [-0.3, -0.25) is 14.4 Å². The number of carbonyl (C=O) groups excluding carboxylic acids is 3. The molecule has 2 aromatic rings. The molecule has 4 rings (SSSR count). The molecule has 190 valence electrons. The van der Waals surface area contributed by atoms with E-state index >= 15 is 0 Å². The Hall–Kier alpha value is -3.22. The van der Waals surface area contributed by atoms with Gasteiger partial charge in [-0.05, 0) is 61.7 Å². The van der Waals surface area contributed by atoms with Gasteiger partial charge in [0.25, 0.3) is 11.8 Å². The topological polar surface area (TPSA) is 151 Å². The first-order chi connectivity index (χ1) is 17.1. The Balaban J connectivity index is 1.28. The third-order valence-electron chi connectivity index (χ3n) is 5.96. The number of hydrogen-bond donors (Lipinski definition) is 3. The molecule has 36 heavy (non-hydrogen) atoms. The minimum atomic E-state index is -3.78. The van der Waals surface area contributed by atoms with Crippen molar-refractivity contribution in [2.45, 2.75) is 42.4 Å². The fourth-order valence-corrected chi connectivity index (χ4v) is 5.58. The molecule has 0 radical (unpaired) electrons. The molecule has 2 atom stereocenters. The minimum Gasteiger partial charge on any atom is -0.351 e. The van der Waals surface area contributed by atoms with Crippen molar-refractivity contribution in [1.82, 2.24) is 10.2 Å². The molecule has 2 aromatic carbocycles. The highest BCUT2D eigenvalue weighted by molar-refractivity contribution is 8.15. The van der Waals surface area contributed by atoms with Gasteiger partial charge in [-0.15, -0.1) is 0 Å². The summed E-state index contributed by atoms with van der Waals surface area (Å²) in [5.41, 5.74) is 1.63. The standard InChI is InChI=1S/C24H27N5O5S2/c1-15(16-6-10-19(11-7-16)36(25,33)34)26-22(31)17-4-8-18(9-5-17)27-21(30)14-20-23(32)28-24(35-20)29-12-2-3-13-29/h4-11,15,20H,2-3,12-14H2,1H3,(H,26,31)(H,27,30)(H2,25,33,34)/t15-,20+/m1/s1. The van der Waals surface area contributed by atoms with E-state index in [1.165, 1.54) is 23.9 Å². The third kappa shape index (κ3) is 6.31. The molecular weight excluding hydrogens is 502 g/mol. The van der Waals surface area contributed by atoms with Gasteiger partial charge in [-0.2, -0.15) is 4.99 Å². The summed E-state index contributed by atoms with van der Waals surface area (Å²) in [6.45, 7) is 3.56. The molecule has 0 spiro atoms. The minimum absolute atomic E-state index is 0.00198. The van der Waals surface area contributed by atoms with Crippen molar-refractivity contribution in [3.05, 3.63) is 59.7 Å². The average Bonchev–Trinajstić information content (AvgIpc) is 3.49. The number of anilines is 1. The number of primary sulfonamides is 1. The lowest BCUT2D eigenvalue weighted by molar-refractivity contribution is -0.121. The number of likely N-dealkylation sites (tertiary alicyclic amines) is 1. The SMILES string of the molecule is C[C@@H](NC(=O)c1ccc(NC(=O)C[C@@H]2SC(N3CCCC3)=NC2=O)cc1)c1ccc(S(N)(=O)=O)cc1. The lowest BCUT2D eigenvalue weighted by Crippen LogP contribution is -2.26. The Bertz CT molecular complexity index is 1290. The molecule has 2 aliphatic rings. The highest BCUT2D eigenvalue weighted by Crippen LogP contribution is 2.29. The van der Waals surface area contributed by atoms with Crippen LogP contribution in [0.3, 0.4) is 0 Å². The fraction of sp³-hybridized carbons (Fsp3) is 0.333. The number of aliphatic imine (C=N–C) groups is 1. The number of nitrogens with one attached hydrogen (secondary N) is 2. The van der Waals surface area contributed by atoms with Crippen LogP contribution in [0.25, 0.3) is 0 Å². The Morgan fingerprint density at radius 1 is 1.11 bits per heavy atom. The Labute approximate surface area is 213 Å². The van der Waals surface area contributed by atoms with E-state index in [0.717, 1.165) is 31.5 Å². The van der Waals surface area contributed by atoms with Crippen LogP contribution in [-0.4, -0.2) is 54.5 Å². The van der Waals surface area contributed by atoms with E-state index in [2.05, 4.69) is 20.5 Å². The fourth-order valence-electron chi connectivity index (χ4n) is 3.95. The van der Waals surface area contributed by atoms with Crippen LogP contribution in [0, 0.1) is 0 Å². The van der Waals surface area contributed by atoms with E-state index in [4.69, 9.17) is 5.14 Å². The number of nitrogens with two attached hydrogens (primary N) is 1. The third-order valence-corrected chi connectivity index (χ3v) is 8.11. The summed E-state index contributed by atoms with van der Waals surface area (Å²) in [5, 5.41) is 10.9. The maximum Gasteiger partial charge on any atom is 0.262 e. The molecule has 0 saturated carbocycles. The van der Waals surface area contributed by atoms with Gasteiger partial charge in [0.2, 0.25) is 15.9 Å². The second-order valence-corrected chi connectivity index (χ2v) is 11.4. The summed E-state index contributed by atoms with van der Waals surface area (Å²) in [6, 6.07) is 12.0. The summed E-state index contributed by atoms with van der Waals surface area (Å²) < 4.78 is 22.8. The van der Waals surface area contributed by atoms with Gasteiger partial charge in [0.15, 0.2) is 5.17 Å². The molecular formula is C24H27N5O5S2. The lowest BCUT2D eigenvalue weighted by Gasteiger charge is -2.16. The van der Waals surface area contributed by atoms with Crippen LogP contribution in [0.4, 0.5) is 5.69 Å². The number of hydrogen-bond acceptors (Lipinski definition) is 7. The monoisotopic (exact) mass is 529 g/mol. The van der Waals surface area contributed by atoms with E-state index in [0.29, 0.717) is 16.4 Å². The summed E-state index contributed by atoms with van der Waals surface area (Å²) in [5.74, 6) is -0.902. The maximum atomic E-state index is 12.6. The van der Waals surface area contributed by atoms with Crippen molar-refractivity contribution in [2.75, 3.05) is 18.4 Å². The number of carbonyl (C=O) groups is 3. The van der Waals surface area contributed by atoms with Crippen LogP contribution in [0.5, 0.6) is 0 Å². The van der Waals surface area contributed by atoms with Crippen molar-refractivity contribution in [3.63, 3.8) is 0 Å². The number of benzene rings is 2. The molecule has 1 saturated heterocycles. The summed E-state index contributed by atoms with van der Waals surface area (Å²) >= 11 is 1.34. The van der Waals surface area contributed by atoms with Gasteiger partial charge < -0.3 is 15.5 Å². The molecule has 12 heteroatoms. The molecule has 0 aliphatic carbocycles. The molecule has 4 N–H and O–H groups in total. The normalized spacial score (nSPS) is 18.6. The molecule has 1 fully saturated rings. The molecule has 3 amide bonds. The number of amidine groups is 1. The first kappa shape index (κ1) is 25.9. The van der Waals surface area contributed by atoms with Gasteiger partial charge in [-0.25, -0.2) is 13.6 Å². The van der Waals surface area contributed by atoms with Crippen LogP contribution in [-0.2, 0) is 19.6 Å². The number of rotatable bonds is 7. The van der Waals surface area contributed by atoms with Crippen LogP contribution in [0.1, 0.15) is 48.1 Å². The lowest BCUT2D eigenvalue weighted by atomic mass is 10.1. The van der Waals surface area contributed by atoms with Gasteiger partial charge in [-0.1, -0.05) is 23.9 Å². The van der Waals surface area contributed by atoms with Crippen molar-refractivity contribution in [2.24, 2.45) is 10.1 Å². The predicted octanol–water partition coefficient (Wildman–Crippen LogP) is 2.25. The van der Waals surface area contributed by atoms with E-state index in [1.807, 2.05) is 0 Å². The number of nitrogens with zero attached hydrogens (tertiary/aromatic N) is 2. The zero-order valence-corrected chi connectivity index (χ0v) is 21.3. The van der Waals surface area contributed by atoms with Gasteiger partial charge >= 0.3 is 0 Å². The molecule has 2 heterocycles. The molecule has 10 nitrogen and oxygen atoms in total. The summed E-state index contributed by atoms with van der Waals surface area (Å²) in [4.78, 5) is 43.5. The zero-order chi connectivity index (χ0) is 25.9. The van der Waals surface area contributed by atoms with Crippen molar-refractivity contribution in [3.8, 4) is 0 Å². The van der Waals surface area contributed by atoms with Gasteiger partial charge in [0, 0.05) is 30.8 Å². The Kier molecular flexibility index (Phi) is 7.76. The Morgan fingerprint density at radius 2 is 1.75 bits per heavy atom. The van der Waals surface area contributed by atoms with Crippen molar-refractivity contribution < 1.29 is 22.8 Å². The maximum absolute atomic E-state index is 12.6. The van der Waals surface area contributed by atoms with E-state index in [1.54, 1.807) is 43.3 Å². The summed E-state index contributed by atoms with van der Waals surface area (Å²) in [7, 11) is -3.78. The number of sulfonamides is 1. The largest absolute Gasteiger partial charge is 0.351 e. The molecule has 0 unspecified atom stereocenters. The highest BCUT2D eigenvalue weighted by atomic mass is 32.2. The van der Waals surface area contributed by atoms with Crippen molar-refractivity contribution in [1.29, 1.82) is 0 Å². The number of amides is 3. The number of thioether (sulfide) groups is 1. The molecule has 0 bridgehead atoms. The summed E-state index contributed by atoms with van der Waals surface area (Å²) in [6.07, 6.45) is 2.19. The van der Waals surface area contributed by atoms with Gasteiger partial charge in [0.05, 0.1) is 10.9 Å². The molecule has 0 aromatic heterocycles. The van der Waals surface area contributed by atoms with Crippen LogP contribution >= 0.6 is 11.8 Å². The molecule has 2 aliphatic heterocycles. The first-order valence-electron chi connectivity index (χ1n) is 11.5. The first-order valence-corrected chi connectivity index (χ1v) is 13.9. The smallest absolute Gasteiger partial charge is 0.262 e. The van der Waals surface area contributed by atoms with Crippen LogP contribution in [0.2, 0.25) is 0 Å². The highest BCUT2D eigenvalue weighted by Gasteiger charge is 2.33. The quantitative estimate of drug-likeness (QED) is 0.498. The van der Waals surface area contributed by atoms with E-state index < -0.39 is 15.3 Å².